The summed E-state index contributed by atoms with van der Waals surface area (Å²) in [5.74, 6) is 1.07. The zero-order valence-electron chi connectivity index (χ0n) is 10.5. The summed E-state index contributed by atoms with van der Waals surface area (Å²) in [5.41, 5.74) is 0.895. The Morgan fingerprint density at radius 2 is 2.17 bits per heavy atom. The van der Waals surface area contributed by atoms with E-state index in [4.69, 9.17) is 0 Å². The highest BCUT2D eigenvalue weighted by atomic mass is 16.3. The Morgan fingerprint density at radius 3 is 2.94 bits per heavy atom. The van der Waals surface area contributed by atoms with Gasteiger partial charge in [0, 0.05) is 37.3 Å². The van der Waals surface area contributed by atoms with Crippen molar-refractivity contribution in [2.24, 2.45) is 5.92 Å². The first-order chi connectivity index (χ1) is 8.72. The van der Waals surface area contributed by atoms with Crippen LogP contribution in [0.15, 0.2) is 18.2 Å². The Bertz CT molecular complexity index is 422. The highest BCUT2D eigenvalue weighted by Crippen LogP contribution is 2.29. The molecule has 2 heterocycles. The third-order valence-electron chi connectivity index (χ3n) is 4.14. The van der Waals surface area contributed by atoms with Gasteiger partial charge in [-0.2, -0.15) is 0 Å². The lowest BCUT2D eigenvalue weighted by Crippen LogP contribution is -2.40. The van der Waals surface area contributed by atoms with E-state index < -0.39 is 0 Å². The summed E-state index contributed by atoms with van der Waals surface area (Å²) in [7, 11) is 0. The molecule has 2 unspecified atom stereocenters. The predicted octanol–water partition coefficient (Wildman–Crippen LogP) is 1.28. The van der Waals surface area contributed by atoms with Crippen molar-refractivity contribution in [3.05, 3.63) is 23.8 Å². The van der Waals surface area contributed by atoms with Gasteiger partial charge in [-0.3, -0.25) is 4.90 Å². The van der Waals surface area contributed by atoms with Gasteiger partial charge in [0.15, 0.2) is 0 Å². The van der Waals surface area contributed by atoms with Crippen LogP contribution in [0.3, 0.4) is 0 Å². The molecule has 2 aliphatic rings. The van der Waals surface area contributed by atoms with Crippen LogP contribution in [0.25, 0.3) is 0 Å². The molecule has 0 amide bonds. The molecule has 98 valence electrons. The fourth-order valence-corrected chi connectivity index (χ4v) is 3.19. The lowest BCUT2D eigenvalue weighted by atomic mass is 9.94. The number of hydrogen-bond acceptors (Lipinski definition) is 4. The minimum Gasteiger partial charge on any atom is -0.508 e. The number of likely N-dealkylation sites (tertiary alicyclic amines) is 1. The molecular formula is C14H20N2O2. The standard InChI is InChI=1S/C14H20N2O2/c17-12-4-3-11(14(18)6-12)8-16-7-10-2-1-5-15-13(10)9-16/h3-4,6,10,13,15,17-18H,1-2,5,7-9H2. The summed E-state index contributed by atoms with van der Waals surface area (Å²) in [5, 5.41) is 22.7. The highest BCUT2D eigenvalue weighted by molar-refractivity contribution is 5.38. The molecule has 0 radical (unpaired) electrons. The van der Waals surface area contributed by atoms with Crippen molar-refractivity contribution < 1.29 is 10.2 Å². The third-order valence-corrected chi connectivity index (χ3v) is 4.14. The van der Waals surface area contributed by atoms with Crippen molar-refractivity contribution in [1.82, 2.24) is 10.2 Å². The van der Waals surface area contributed by atoms with Crippen LogP contribution in [-0.4, -0.2) is 40.8 Å². The fraction of sp³-hybridized carbons (Fsp3) is 0.571. The molecule has 3 rings (SSSR count). The maximum atomic E-state index is 9.81. The van der Waals surface area contributed by atoms with Crippen LogP contribution < -0.4 is 5.32 Å². The second-order valence-electron chi connectivity index (χ2n) is 5.47. The second-order valence-corrected chi connectivity index (χ2v) is 5.47. The van der Waals surface area contributed by atoms with E-state index in [0.29, 0.717) is 6.04 Å². The van der Waals surface area contributed by atoms with Crippen molar-refractivity contribution in [3.63, 3.8) is 0 Å². The van der Waals surface area contributed by atoms with E-state index in [1.807, 2.05) is 0 Å². The van der Waals surface area contributed by atoms with Crippen molar-refractivity contribution in [3.8, 4) is 11.5 Å². The summed E-state index contributed by atoms with van der Waals surface area (Å²) in [6, 6.07) is 5.48. The van der Waals surface area contributed by atoms with Crippen LogP contribution in [0.4, 0.5) is 0 Å². The van der Waals surface area contributed by atoms with Gasteiger partial charge >= 0.3 is 0 Å². The van der Waals surface area contributed by atoms with Gasteiger partial charge in [-0.25, -0.2) is 0 Å². The number of nitrogens with zero attached hydrogens (tertiary/aromatic N) is 1. The number of piperidine rings is 1. The quantitative estimate of drug-likeness (QED) is 0.738. The summed E-state index contributed by atoms with van der Waals surface area (Å²) >= 11 is 0. The number of rotatable bonds is 2. The Hall–Kier alpha value is -1.26. The van der Waals surface area contributed by atoms with E-state index in [2.05, 4.69) is 10.2 Å². The maximum absolute atomic E-state index is 9.81. The molecule has 4 heteroatoms. The molecular weight excluding hydrogens is 228 g/mol. The molecule has 0 saturated carbocycles. The van der Waals surface area contributed by atoms with E-state index in [1.54, 1.807) is 12.1 Å². The Morgan fingerprint density at radius 1 is 1.28 bits per heavy atom. The molecule has 0 bridgehead atoms. The molecule has 2 saturated heterocycles. The van der Waals surface area contributed by atoms with Gasteiger partial charge in [0.2, 0.25) is 0 Å². The van der Waals surface area contributed by atoms with Crippen molar-refractivity contribution in [2.75, 3.05) is 19.6 Å². The number of nitrogens with one attached hydrogen (secondary N) is 1. The molecule has 1 aromatic carbocycles. The zero-order chi connectivity index (χ0) is 12.5. The summed E-state index contributed by atoms with van der Waals surface area (Å²) in [6.07, 6.45) is 2.59. The molecule has 2 fully saturated rings. The predicted molar refractivity (Wildman–Crippen MR) is 69.6 cm³/mol. The lowest BCUT2D eigenvalue weighted by molar-refractivity contribution is 0.307. The first-order valence-corrected chi connectivity index (χ1v) is 6.69. The molecule has 0 spiro atoms. The van der Waals surface area contributed by atoms with Crippen molar-refractivity contribution >= 4 is 0 Å². The average Bonchev–Trinajstić information content (AvgIpc) is 2.75. The number of phenols is 2. The maximum Gasteiger partial charge on any atom is 0.123 e. The van der Waals surface area contributed by atoms with Gasteiger partial charge < -0.3 is 15.5 Å². The Balaban J connectivity index is 1.66. The summed E-state index contributed by atoms with van der Waals surface area (Å²) in [4.78, 5) is 2.39. The van der Waals surface area contributed by atoms with Crippen LogP contribution in [0, 0.1) is 5.92 Å². The van der Waals surface area contributed by atoms with Gasteiger partial charge in [-0.15, -0.1) is 0 Å². The van der Waals surface area contributed by atoms with Crippen LogP contribution in [0.1, 0.15) is 18.4 Å². The van der Waals surface area contributed by atoms with Crippen molar-refractivity contribution in [2.45, 2.75) is 25.4 Å². The Kier molecular flexibility index (Phi) is 3.14. The molecule has 2 atom stereocenters. The molecule has 2 aliphatic heterocycles. The monoisotopic (exact) mass is 248 g/mol. The van der Waals surface area contributed by atoms with Gasteiger partial charge in [-0.1, -0.05) is 6.07 Å². The minimum absolute atomic E-state index is 0.119. The number of hydrogen-bond donors (Lipinski definition) is 3. The first-order valence-electron chi connectivity index (χ1n) is 6.69. The Labute approximate surface area is 107 Å². The molecule has 18 heavy (non-hydrogen) atoms. The largest absolute Gasteiger partial charge is 0.508 e. The molecule has 0 aliphatic carbocycles. The molecule has 3 N–H and O–H groups in total. The van der Waals surface area contributed by atoms with Crippen molar-refractivity contribution in [1.29, 1.82) is 0 Å². The lowest BCUT2D eigenvalue weighted by Gasteiger charge is -2.24. The number of aromatic hydroxyl groups is 2. The topological polar surface area (TPSA) is 55.7 Å². The number of fused-ring (bicyclic) bond motifs is 1. The zero-order valence-corrected chi connectivity index (χ0v) is 10.5. The van der Waals surface area contributed by atoms with E-state index in [0.717, 1.165) is 37.7 Å². The highest BCUT2D eigenvalue weighted by Gasteiger charge is 2.34. The van der Waals surface area contributed by atoms with Gasteiger partial charge in [-0.05, 0) is 31.4 Å². The average molecular weight is 248 g/mol. The summed E-state index contributed by atoms with van der Waals surface area (Å²) < 4.78 is 0. The SMILES string of the molecule is Oc1ccc(CN2CC3CCCNC3C2)c(O)c1. The first kappa shape index (κ1) is 11.8. The molecule has 0 aromatic heterocycles. The van der Waals surface area contributed by atoms with Gasteiger partial charge in [0.05, 0.1) is 0 Å². The third kappa shape index (κ3) is 2.31. The molecule has 4 nitrogen and oxygen atoms in total. The van der Waals surface area contributed by atoms with E-state index >= 15 is 0 Å². The second kappa shape index (κ2) is 4.78. The van der Waals surface area contributed by atoms with E-state index in [-0.39, 0.29) is 11.5 Å². The minimum atomic E-state index is 0.119. The smallest absolute Gasteiger partial charge is 0.123 e. The van der Waals surface area contributed by atoms with Crippen LogP contribution in [-0.2, 0) is 6.54 Å². The van der Waals surface area contributed by atoms with E-state index in [9.17, 15) is 10.2 Å². The number of phenolic OH excluding ortho intramolecular Hbond substituents is 2. The van der Waals surface area contributed by atoms with Crippen LogP contribution in [0.5, 0.6) is 11.5 Å². The van der Waals surface area contributed by atoms with Crippen LogP contribution in [0.2, 0.25) is 0 Å². The van der Waals surface area contributed by atoms with Gasteiger partial charge in [0.25, 0.3) is 0 Å². The number of benzene rings is 1. The summed E-state index contributed by atoms with van der Waals surface area (Å²) in [6.45, 7) is 4.07. The fourth-order valence-electron chi connectivity index (χ4n) is 3.19. The van der Waals surface area contributed by atoms with Gasteiger partial charge in [0.1, 0.15) is 11.5 Å². The normalized spacial score (nSPS) is 28.2. The molecule has 1 aromatic rings. The van der Waals surface area contributed by atoms with Crippen LogP contribution >= 0.6 is 0 Å². The van der Waals surface area contributed by atoms with E-state index in [1.165, 1.54) is 18.9 Å².